The summed E-state index contributed by atoms with van der Waals surface area (Å²) in [5, 5.41) is 0.997. The van der Waals surface area contributed by atoms with Gasteiger partial charge in [-0.15, -0.1) is 0 Å². The fraction of sp³-hybridized carbons (Fsp3) is 0.200. The largest absolute Gasteiger partial charge is 0.452 e. The predicted molar refractivity (Wildman–Crippen MR) is 238 cm³/mol. The van der Waals surface area contributed by atoms with Gasteiger partial charge in [0, 0.05) is 27.8 Å². The third-order valence-electron chi connectivity index (χ3n) is 14.2. The lowest BCUT2D eigenvalue weighted by molar-refractivity contribution is 0.345. The molecule has 2 heterocycles. The number of hydrogen-bond acceptors (Lipinski definition) is 3. The van der Waals surface area contributed by atoms with E-state index in [9.17, 15) is 0 Å². The molecule has 4 aliphatic carbocycles. The second-order valence-corrected chi connectivity index (χ2v) is 17.6. The number of furan rings is 1. The van der Waals surface area contributed by atoms with Crippen LogP contribution < -0.4 is 0 Å². The highest BCUT2D eigenvalue weighted by molar-refractivity contribution is 6.07. The summed E-state index contributed by atoms with van der Waals surface area (Å²) >= 11 is 0. The van der Waals surface area contributed by atoms with Crippen molar-refractivity contribution in [3.05, 3.63) is 186 Å². The minimum absolute atomic E-state index is 0.101. The van der Waals surface area contributed by atoms with E-state index in [1.165, 1.54) is 76.6 Å². The van der Waals surface area contributed by atoms with Crippen molar-refractivity contribution < 1.29 is 4.42 Å². The first-order valence-corrected chi connectivity index (χ1v) is 21.1. The molecule has 4 aliphatic rings. The van der Waals surface area contributed by atoms with Gasteiger partial charge in [-0.25, -0.2) is 9.97 Å². The van der Waals surface area contributed by atoms with Crippen molar-refractivity contribution in [1.29, 1.82) is 0 Å². The Labute approximate surface area is 339 Å². The van der Waals surface area contributed by atoms with Crippen molar-refractivity contribution in [1.82, 2.24) is 9.97 Å². The Morgan fingerprint density at radius 2 is 1.22 bits per heavy atom. The van der Waals surface area contributed by atoms with Gasteiger partial charge in [-0.05, 0) is 98.0 Å². The van der Waals surface area contributed by atoms with Crippen LogP contribution in [0.4, 0.5) is 0 Å². The zero-order chi connectivity index (χ0) is 38.6. The Morgan fingerprint density at radius 3 is 2.00 bits per heavy atom. The van der Waals surface area contributed by atoms with E-state index >= 15 is 0 Å². The molecule has 3 nitrogen and oxygen atoms in total. The van der Waals surface area contributed by atoms with Crippen LogP contribution in [0.5, 0.6) is 0 Å². The normalized spacial score (nSPS) is 19.7. The molecule has 12 rings (SSSR count). The van der Waals surface area contributed by atoms with Crippen LogP contribution in [0.15, 0.2) is 168 Å². The third-order valence-corrected chi connectivity index (χ3v) is 14.2. The maximum Gasteiger partial charge on any atom is 0.180 e. The van der Waals surface area contributed by atoms with E-state index in [-0.39, 0.29) is 10.8 Å². The van der Waals surface area contributed by atoms with E-state index in [4.69, 9.17) is 14.4 Å². The van der Waals surface area contributed by atoms with Gasteiger partial charge in [-0.2, -0.15) is 0 Å². The summed E-state index contributed by atoms with van der Waals surface area (Å²) in [7, 11) is 0. The van der Waals surface area contributed by atoms with Crippen LogP contribution in [-0.2, 0) is 10.8 Å². The molecule has 2 unspecified atom stereocenters. The van der Waals surface area contributed by atoms with Crippen LogP contribution in [0.3, 0.4) is 0 Å². The minimum atomic E-state index is 0.101. The minimum Gasteiger partial charge on any atom is -0.452 e. The maximum atomic E-state index is 6.40. The molecule has 2 atom stereocenters. The molecule has 0 radical (unpaired) electrons. The van der Waals surface area contributed by atoms with E-state index in [1.54, 1.807) is 11.1 Å². The zero-order valence-corrected chi connectivity index (χ0v) is 33.0. The zero-order valence-electron chi connectivity index (χ0n) is 33.0. The van der Waals surface area contributed by atoms with Crippen LogP contribution in [0, 0.1) is 5.92 Å². The third kappa shape index (κ3) is 4.92. The topological polar surface area (TPSA) is 38.9 Å². The quantitative estimate of drug-likeness (QED) is 0.180. The van der Waals surface area contributed by atoms with Gasteiger partial charge in [0.1, 0.15) is 16.8 Å². The van der Waals surface area contributed by atoms with Crippen LogP contribution in [0.25, 0.3) is 72.5 Å². The summed E-state index contributed by atoms with van der Waals surface area (Å²) in [6.07, 6.45) is 11.9. The van der Waals surface area contributed by atoms with Gasteiger partial charge in [0.2, 0.25) is 0 Å². The smallest absolute Gasteiger partial charge is 0.180 e. The van der Waals surface area contributed by atoms with Crippen molar-refractivity contribution in [3.63, 3.8) is 0 Å². The highest BCUT2D eigenvalue weighted by Gasteiger charge is 2.52. The van der Waals surface area contributed by atoms with Crippen molar-refractivity contribution in [2.45, 2.75) is 62.7 Å². The highest BCUT2D eigenvalue weighted by Crippen LogP contribution is 2.63. The standard InChI is InChI=1S/C55H44N2O/c1-54(2)45-17-9-7-15-40(45)43-33-48-44(32-47(43)54)42-31-39(27-28-46(42)55(48)29-11-4-12-30-55)36-21-19-34(20-22-36)35-23-25-37(26-24-35)50-52-51(41-16-8-10-18-49(41)58-52)57-53(56-50)38-13-5-3-6-14-38/h3,5-10,13-28,31-33,43,47H,4,11-12,29-30H2,1-2H3. The second kappa shape index (κ2) is 12.6. The number of aromatic nitrogens is 2. The lowest BCUT2D eigenvalue weighted by atomic mass is 9.64. The van der Waals surface area contributed by atoms with Gasteiger partial charge in [-0.1, -0.05) is 173 Å². The molecule has 280 valence electrons. The number of hydrogen-bond donors (Lipinski definition) is 0. The maximum absolute atomic E-state index is 6.40. The Balaban J connectivity index is 0.885. The van der Waals surface area contributed by atoms with Gasteiger partial charge in [0.15, 0.2) is 11.4 Å². The molecule has 8 aromatic rings. The molecular weight excluding hydrogens is 705 g/mol. The number of benzene rings is 6. The van der Waals surface area contributed by atoms with Crippen molar-refractivity contribution in [3.8, 4) is 44.9 Å². The van der Waals surface area contributed by atoms with E-state index < -0.39 is 0 Å². The fourth-order valence-corrected chi connectivity index (χ4v) is 11.3. The van der Waals surface area contributed by atoms with Gasteiger partial charge in [0.05, 0.1) is 0 Å². The molecule has 0 bridgehead atoms. The van der Waals surface area contributed by atoms with Crippen LogP contribution in [0.1, 0.15) is 74.1 Å². The number of para-hydroxylation sites is 1. The molecule has 0 saturated heterocycles. The lowest BCUT2D eigenvalue weighted by Gasteiger charge is -2.39. The molecular formula is C55H44N2O. The SMILES string of the molecule is CC1(C)c2ccccc2C2C=C3C(=CC21)c1cc(-c2ccc(-c4ccc(-c5nc(-c6ccccc6)nc6c5oc5ccccc56)cc4)cc2)ccc1C31CCCCC1. The van der Waals surface area contributed by atoms with Crippen LogP contribution >= 0.6 is 0 Å². The molecule has 1 saturated carbocycles. The number of fused-ring (bicyclic) bond motifs is 11. The number of rotatable bonds is 4. The van der Waals surface area contributed by atoms with Crippen molar-refractivity contribution >= 4 is 27.6 Å². The predicted octanol–water partition coefficient (Wildman–Crippen LogP) is 14.3. The average molecular weight is 749 g/mol. The highest BCUT2D eigenvalue weighted by atomic mass is 16.3. The first-order chi connectivity index (χ1) is 28.5. The van der Waals surface area contributed by atoms with Crippen LogP contribution in [0.2, 0.25) is 0 Å². The molecule has 0 N–H and O–H groups in total. The summed E-state index contributed by atoms with van der Waals surface area (Å²) in [4.78, 5) is 10.1. The number of allylic oxidation sites excluding steroid dienone is 4. The van der Waals surface area contributed by atoms with Gasteiger partial charge >= 0.3 is 0 Å². The first-order valence-electron chi connectivity index (χ1n) is 21.1. The molecule has 6 aromatic carbocycles. The van der Waals surface area contributed by atoms with Gasteiger partial charge < -0.3 is 4.42 Å². The van der Waals surface area contributed by atoms with Crippen molar-refractivity contribution in [2.75, 3.05) is 0 Å². The fourth-order valence-electron chi connectivity index (χ4n) is 11.3. The van der Waals surface area contributed by atoms with E-state index in [1.807, 2.05) is 36.4 Å². The molecule has 0 amide bonds. The monoisotopic (exact) mass is 748 g/mol. The molecule has 2 aromatic heterocycles. The molecule has 0 aliphatic heterocycles. The summed E-state index contributed by atoms with van der Waals surface area (Å²) < 4.78 is 6.40. The van der Waals surface area contributed by atoms with E-state index in [0.717, 1.165) is 33.3 Å². The summed E-state index contributed by atoms with van der Waals surface area (Å²) in [6.45, 7) is 4.92. The van der Waals surface area contributed by atoms with Crippen molar-refractivity contribution in [2.24, 2.45) is 5.92 Å². The Kier molecular flexibility index (Phi) is 7.33. The Hall–Kier alpha value is -6.32. The Morgan fingerprint density at radius 1 is 0.569 bits per heavy atom. The van der Waals surface area contributed by atoms with Gasteiger partial charge in [-0.3, -0.25) is 0 Å². The van der Waals surface area contributed by atoms with E-state index in [0.29, 0.717) is 23.2 Å². The lowest BCUT2D eigenvalue weighted by Crippen LogP contribution is -2.31. The average Bonchev–Trinajstić information content (AvgIpc) is 3.86. The molecule has 1 fully saturated rings. The first kappa shape index (κ1) is 33.8. The van der Waals surface area contributed by atoms with Gasteiger partial charge in [0.25, 0.3) is 0 Å². The Bertz CT molecular complexity index is 2990. The second-order valence-electron chi connectivity index (χ2n) is 17.6. The molecule has 3 heteroatoms. The summed E-state index contributed by atoms with van der Waals surface area (Å²) in [6, 6.07) is 52.8. The summed E-state index contributed by atoms with van der Waals surface area (Å²) in [5.74, 6) is 1.62. The molecule has 58 heavy (non-hydrogen) atoms. The van der Waals surface area contributed by atoms with Crippen LogP contribution in [-0.4, -0.2) is 9.97 Å². The van der Waals surface area contributed by atoms with E-state index in [2.05, 4.69) is 135 Å². The molecule has 1 spiro atoms. The summed E-state index contributed by atoms with van der Waals surface area (Å²) in [5.41, 5.74) is 19.5. The number of nitrogens with zero attached hydrogens (tertiary/aromatic N) is 2.